The normalized spacial score (nSPS) is 21.4. The summed E-state index contributed by atoms with van der Waals surface area (Å²) in [6.45, 7) is 0. The van der Waals surface area contributed by atoms with E-state index in [1.165, 1.54) is 0 Å². The summed E-state index contributed by atoms with van der Waals surface area (Å²) in [6, 6.07) is 1.59. The van der Waals surface area contributed by atoms with Gasteiger partial charge in [0.2, 0.25) is 0 Å². The van der Waals surface area contributed by atoms with Crippen molar-refractivity contribution < 1.29 is 22.7 Å². The molecule has 1 aliphatic rings. The molecule has 20 heavy (non-hydrogen) atoms. The number of halogens is 1. The molecular weight excluding hydrogens is 287 g/mol. The molecule has 0 spiro atoms. The summed E-state index contributed by atoms with van der Waals surface area (Å²) >= 11 is 0. The molecule has 4 N–H and O–H groups in total. The molecular formula is C12H15FN2O4S. The Morgan fingerprint density at radius 1 is 1.45 bits per heavy atom. The predicted octanol–water partition coefficient (Wildman–Crippen LogP) is 1.10. The number of hydrogen-bond acceptors (Lipinski definition) is 5. The van der Waals surface area contributed by atoms with Gasteiger partial charge in [-0.3, -0.25) is 0 Å². The van der Waals surface area contributed by atoms with E-state index >= 15 is 0 Å². The first kappa shape index (κ1) is 14.6. The summed E-state index contributed by atoms with van der Waals surface area (Å²) in [5.41, 5.74) is 5.00. The predicted molar refractivity (Wildman–Crippen MR) is 73.1 cm³/mol. The van der Waals surface area contributed by atoms with Crippen LogP contribution in [0.5, 0.6) is 0 Å². The van der Waals surface area contributed by atoms with Crippen LogP contribution < -0.4 is 11.1 Å². The number of rotatable bonds is 3. The molecule has 1 aliphatic heterocycles. The van der Waals surface area contributed by atoms with Crippen LogP contribution in [0.1, 0.15) is 23.2 Å². The Kier molecular flexibility index (Phi) is 3.85. The van der Waals surface area contributed by atoms with Crippen LogP contribution in [0.3, 0.4) is 0 Å². The molecule has 0 bridgehead atoms. The van der Waals surface area contributed by atoms with E-state index in [4.69, 9.17) is 10.8 Å². The lowest BCUT2D eigenvalue weighted by Gasteiger charge is -2.24. The van der Waals surface area contributed by atoms with Crippen molar-refractivity contribution in [3.05, 3.63) is 23.5 Å². The Bertz CT molecular complexity index is 645. The fourth-order valence-corrected chi connectivity index (χ4v) is 3.88. The van der Waals surface area contributed by atoms with Gasteiger partial charge in [0, 0.05) is 11.7 Å². The van der Waals surface area contributed by atoms with E-state index in [1.54, 1.807) is 0 Å². The minimum Gasteiger partial charge on any atom is -0.478 e. The smallest absolute Gasteiger partial charge is 0.337 e. The Morgan fingerprint density at radius 3 is 2.75 bits per heavy atom. The topological polar surface area (TPSA) is 109 Å². The molecule has 0 amide bonds. The number of carboxylic acid groups (broad SMARTS) is 1. The molecule has 6 nitrogen and oxygen atoms in total. The standard InChI is InChI=1S/C12H15FN2O4S/c13-9-5-10(14)8(12(16)17)4-11(9)15-7-2-1-3-20(18,19)6-7/h4-5,7,15H,1-3,6,14H2,(H,16,17). The maximum Gasteiger partial charge on any atom is 0.337 e. The van der Waals surface area contributed by atoms with Gasteiger partial charge in [0.15, 0.2) is 9.84 Å². The van der Waals surface area contributed by atoms with Crippen LogP contribution in [-0.2, 0) is 9.84 Å². The third-order valence-corrected chi connectivity index (χ3v) is 5.01. The summed E-state index contributed by atoms with van der Waals surface area (Å²) in [4.78, 5) is 11.0. The van der Waals surface area contributed by atoms with Crippen LogP contribution in [0.4, 0.5) is 15.8 Å². The monoisotopic (exact) mass is 302 g/mol. The highest BCUT2D eigenvalue weighted by Gasteiger charge is 2.25. The average molecular weight is 302 g/mol. The van der Waals surface area contributed by atoms with Gasteiger partial charge in [-0.05, 0) is 25.0 Å². The second-order valence-electron chi connectivity index (χ2n) is 4.82. The summed E-state index contributed by atoms with van der Waals surface area (Å²) < 4.78 is 36.8. The number of hydrogen-bond donors (Lipinski definition) is 3. The maximum atomic E-state index is 13.8. The molecule has 1 aromatic carbocycles. The lowest BCUT2D eigenvalue weighted by molar-refractivity contribution is 0.0698. The van der Waals surface area contributed by atoms with Crippen LogP contribution in [0.15, 0.2) is 12.1 Å². The Morgan fingerprint density at radius 2 is 2.15 bits per heavy atom. The first-order chi connectivity index (χ1) is 9.28. The lowest BCUT2D eigenvalue weighted by atomic mass is 10.1. The minimum atomic E-state index is -3.13. The summed E-state index contributed by atoms with van der Waals surface area (Å²) in [7, 11) is -3.13. The number of nitrogens with two attached hydrogens (primary N) is 1. The lowest BCUT2D eigenvalue weighted by Crippen LogP contribution is -2.35. The molecule has 8 heteroatoms. The van der Waals surface area contributed by atoms with Crippen molar-refractivity contribution in [1.29, 1.82) is 0 Å². The van der Waals surface area contributed by atoms with Crippen LogP contribution in [0.2, 0.25) is 0 Å². The fraction of sp³-hybridized carbons (Fsp3) is 0.417. The Hall–Kier alpha value is -1.83. The van der Waals surface area contributed by atoms with E-state index in [0.29, 0.717) is 12.8 Å². The fourth-order valence-electron chi connectivity index (χ4n) is 2.24. The Labute approximate surface area is 115 Å². The van der Waals surface area contributed by atoms with Crippen molar-refractivity contribution in [1.82, 2.24) is 0 Å². The number of nitrogen functional groups attached to an aromatic ring is 1. The molecule has 1 atom stereocenters. The first-order valence-corrected chi connectivity index (χ1v) is 7.90. The zero-order chi connectivity index (χ0) is 14.9. The zero-order valence-electron chi connectivity index (χ0n) is 10.6. The number of carboxylic acids is 1. The van der Waals surface area contributed by atoms with Gasteiger partial charge in [-0.1, -0.05) is 0 Å². The molecule has 0 aliphatic carbocycles. The quantitative estimate of drug-likeness (QED) is 0.721. The largest absolute Gasteiger partial charge is 0.478 e. The van der Waals surface area contributed by atoms with Crippen molar-refractivity contribution in [3.63, 3.8) is 0 Å². The molecule has 1 heterocycles. The van der Waals surface area contributed by atoms with Crippen molar-refractivity contribution in [2.45, 2.75) is 18.9 Å². The minimum absolute atomic E-state index is 0.0429. The van der Waals surface area contributed by atoms with E-state index in [0.717, 1.165) is 12.1 Å². The van der Waals surface area contributed by atoms with E-state index in [-0.39, 0.29) is 28.4 Å². The first-order valence-electron chi connectivity index (χ1n) is 6.08. The summed E-state index contributed by atoms with van der Waals surface area (Å²) in [5, 5.41) is 11.7. The highest BCUT2D eigenvalue weighted by molar-refractivity contribution is 7.91. The highest BCUT2D eigenvalue weighted by atomic mass is 32.2. The van der Waals surface area contributed by atoms with Gasteiger partial charge in [-0.25, -0.2) is 17.6 Å². The van der Waals surface area contributed by atoms with Gasteiger partial charge < -0.3 is 16.2 Å². The van der Waals surface area contributed by atoms with Crippen molar-refractivity contribution in [3.8, 4) is 0 Å². The molecule has 1 fully saturated rings. The summed E-state index contributed by atoms with van der Waals surface area (Å²) in [6.07, 6.45) is 1.09. The van der Waals surface area contributed by atoms with E-state index in [1.807, 2.05) is 0 Å². The highest BCUT2D eigenvalue weighted by Crippen LogP contribution is 2.25. The number of aromatic carboxylic acids is 1. The van der Waals surface area contributed by atoms with Crippen molar-refractivity contribution >= 4 is 27.2 Å². The molecule has 1 aromatic rings. The van der Waals surface area contributed by atoms with Crippen molar-refractivity contribution in [2.24, 2.45) is 0 Å². The third kappa shape index (κ3) is 3.19. The van der Waals surface area contributed by atoms with Crippen LogP contribution in [0.25, 0.3) is 0 Å². The van der Waals surface area contributed by atoms with E-state index in [9.17, 15) is 17.6 Å². The van der Waals surface area contributed by atoms with Crippen molar-refractivity contribution in [2.75, 3.05) is 22.6 Å². The molecule has 0 aromatic heterocycles. The molecule has 110 valence electrons. The SMILES string of the molecule is Nc1cc(F)c(NC2CCCS(=O)(=O)C2)cc1C(=O)O. The van der Waals surface area contributed by atoms with Crippen LogP contribution in [0, 0.1) is 5.82 Å². The molecule has 2 rings (SSSR count). The van der Waals surface area contributed by atoms with E-state index < -0.39 is 27.7 Å². The van der Waals surface area contributed by atoms with E-state index in [2.05, 4.69) is 5.32 Å². The van der Waals surface area contributed by atoms with Gasteiger partial charge in [0.1, 0.15) is 5.82 Å². The average Bonchev–Trinajstić information content (AvgIpc) is 2.31. The number of carbonyl (C=O) groups is 1. The molecule has 1 saturated heterocycles. The molecule has 0 radical (unpaired) electrons. The second kappa shape index (κ2) is 5.28. The van der Waals surface area contributed by atoms with Gasteiger partial charge >= 0.3 is 5.97 Å². The van der Waals surface area contributed by atoms with Gasteiger partial charge in [0.25, 0.3) is 0 Å². The Balaban J connectivity index is 2.25. The maximum absolute atomic E-state index is 13.8. The van der Waals surface area contributed by atoms with Gasteiger partial charge in [-0.2, -0.15) is 0 Å². The number of benzene rings is 1. The molecule has 1 unspecified atom stereocenters. The molecule has 0 saturated carbocycles. The number of anilines is 2. The van der Waals surface area contributed by atoms with Crippen LogP contribution >= 0.6 is 0 Å². The van der Waals surface area contributed by atoms with Gasteiger partial charge in [0.05, 0.1) is 22.8 Å². The van der Waals surface area contributed by atoms with Crippen LogP contribution in [-0.4, -0.2) is 37.0 Å². The second-order valence-corrected chi connectivity index (χ2v) is 7.05. The zero-order valence-corrected chi connectivity index (χ0v) is 11.4. The number of nitrogens with one attached hydrogen (secondary N) is 1. The number of sulfone groups is 1. The third-order valence-electron chi connectivity index (χ3n) is 3.19. The summed E-state index contributed by atoms with van der Waals surface area (Å²) in [5.74, 6) is -1.91. The van der Waals surface area contributed by atoms with Gasteiger partial charge in [-0.15, -0.1) is 0 Å².